The number of nitrogens with zero attached hydrogens (tertiary/aromatic N) is 3. The molecule has 0 saturated carbocycles. The molecular formula is C21H29N5O3. The van der Waals surface area contributed by atoms with Crippen LogP contribution in [-0.4, -0.2) is 50.4 Å². The zero-order valence-electron chi connectivity index (χ0n) is 17.1. The molecule has 156 valence electrons. The minimum Gasteiger partial charge on any atom is -0.508 e. The molecular weight excluding hydrogens is 370 g/mol. The highest BCUT2D eigenvalue weighted by atomic mass is 16.3. The average molecular weight is 399 g/mol. The van der Waals surface area contributed by atoms with E-state index in [9.17, 15) is 14.7 Å². The van der Waals surface area contributed by atoms with Crippen LogP contribution in [0.25, 0.3) is 0 Å². The van der Waals surface area contributed by atoms with E-state index < -0.39 is 18.0 Å². The van der Waals surface area contributed by atoms with Crippen LogP contribution in [0.3, 0.4) is 0 Å². The summed E-state index contributed by atoms with van der Waals surface area (Å²) in [5.74, 6) is -0.726. The lowest BCUT2D eigenvalue weighted by Gasteiger charge is -2.30. The summed E-state index contributed by atoms with van der Waals surface area (Å²) in [6.07, 6.45) is 6.51. The number of aromatic hydroxyl groups is 1. The fourth-order valence-corrected chi connectivity index (χ4v) is 3.37. The van der Waals surface area contributed by atoms with E-state index in [2.05, 4.69) is 9.97 Å². The van der Waals surface area contributed by atoms with Crippen molar-refractivity contribution in [3.63, 3.8) is 0 Å². The van der Waals surface area contributed by atoms with Gasteiger partial charge in [-0.05, 0) is 74.4 Å². The lowest BCUT2D eigenvalue weighted by molar-refractivity contribution is -0.139. The van der Waals surface area contributed by atoms with Gasteiger partial charge in [0.05, 0.1) is 6.04 Å². The average Bonchev–Trinajstić information content (AvgIpc) is 2.67. The van der Waals surface area contributed by atoms with Gasteiger partial charge < -0.3 is 21.5 Å². The van der Waals surface area contributed by atoms with E-state index >= 15 is 0 Å². The van der Waals surface area contributed by atoms with Crippen molar-refractivity contribution in [1.82, 2.24) is 14.9 Å². The number of hydrogen-bond donors (Lipinski definition) is 3. The molecule has 2 rings (SSSR count). The van der Waals surface area contributed by atoms with Gasteiger partial charge in [0.25, 0.3) is 0 Å². The maximum atomic E-state index is 13.0. The third kappa shape index (κ3) is 5.99. The molecule has 5 N–H and O–H groups in total. The van der Waals surface area contributed by atoms with Gasteiger partial charge >= 0.3 is 0 Å². The van der Waals surface area contributed by atoms with Crippen LogP contribution in [0.4, 0.5) is 0 Å². The van der Waals surface area contributed by atoms with E-state index in [1.54, 1.807) is 31.5 Å². The van der Waals surface area contributed by atoms with Crippen LogP contribution in [0.15, 0.2) is 30.9 Å². The number of aryl methyl sites for hydroxylation is 3. The molecule has 0 aliphatic carbocycles. The van der Waals surface area contributed by atoms with Gasteiger partial charge in [0, 0.05) is 18.9 Å². The van der Waals surface area contributed by atoms with Crippen LogP contribution in [0.5, 0.6) is 5.75 Å². The first-order chi connectivity index (χ1) is 13.7. The summed E-state index contributed by atoms with van der Waals surface area (Å²) in [6, 6.07) is 1.71. The van der Waals surface area contributed by atoms with Crippen molar-refractivity contribution in [2.24, 2.45) is 11.5 Å². The highest BCUT2D eigenvalue weighted by Crippen LogP contribution is 2.22. The van der Waals surface area contributed by atoms with E-state index in [4.69, 9.17) is 11.5 Å². The molecule has 0 fully saturated rings. The van der Waals surface area contributed by atoms with Crippen molar-refractivity contribution in [3.8, 4) is 5.75 Å². The lowest BCUT2D eigenvalue weighted by Crippen LogP contribution is -2.53. The maximum Gasteiger partial charge on any atom is 0.240 e. The van der Waals surface area contributed by atoms with Gasteiger partial charge in [-0.15, -0.1) is 0 Å². The van der Waals surface area contributed by atoms with Crippen molar-refractivity contribution in [2.45, 2.75) is 52.1 Å². The summed E-state index contributed by atoms with van der Waals surface area (Å²) in [4.78, 5) is 34.2. The monoisotopic (exact) mass is 399 g/mol. The van der Waals surface area contributed by atoms with Crippen molar-refractivity contribution in [3.05, 3.63) is 53.1 Å². The van der Waals surface area contributed by atoms with Gasteiger partial charge in [0.1, 0.15) is 18.1 Å². The number of rotatable bonds is 9. The van der Waals surface area contributed by atoms with Crippen LogP contribution in [0.2, 0.25) is 0 Å². The highest BCUT2D eigenvalue weighted by molar-refractivity contribution is 5.89. The Kier molecular flexibility index (Phi) is 7.67. The number of carbonyl (C=O) groups is 2. The number of hydrogen-bond acceptors (Lipinski definition) is 6. The lowest BCUT2D eigenvalue weighted by atomic mass is 9.95. The molecule has 2 atom stereocenters. The first-order valence-electron chi connectivity index (χ1n) is 9.59. The summed E-state index contributed by atoms with van der Waals surface area (Å²) in [6.45, 7) is 5.69. The van der Waals surface area contributed by atoms with Crippen molar-refractivity contribution >= 4 is 11.8 Å². The number of amides is 2. The fourth-order valence-electron chi connectivity index (χ4n) is 3.37. The summed E-state index contributed by atoms with van der Waals surface area (Å²) >= 11 is 0. The normalized spacial score (nSPS) is 13.0. The molecule has 1 aromatic heterocycles. The maximum absolute atomic E-state index is 13.0. The van der Waals surface area contributed by atoms with E-state index in [0.717, 1.165) is 22.3 Å². The topological polar surface area (TPSA) is 135 Å². The molecule has 0 spiro atoms. The molecule has 0 radical (unpaired) electrons. The SMILES string of the molecule is Cc1cc(O)cc(C)c1C[C@@H](N)C(=O)N(CCCc1cncnc1)[C@H](C)C(N)=O. The van der Waals surface area contributed by atoms with Gasteiger partial charge in [-0.25, -0.2) is 9.97 Å². The zero-order valence-corrected chi connectivity index (χ0v) is 17.1. The quantitative estimate of drug-likeness (QED) is 0.576. The Balaban J connectivity index is 2.10. The van der Waals surface area contributed by atoms with Crippen LogP contribution < -0.4 is 11.5 Å². The first-order valence-corrected chi connectivity index (χ1v) is 9.59. The summed E-state index contributed by atoms with van der Waals surface area (Å²) in [7, 11) is 0. The number of aromatic nitrogens is 2. The number of primary amides is 1. The largest absolute Gasteiger partial charge is 0.508 e. The van der Waals surface area contributed by atoms with Gasteiger partial charge in [-0.3, -0.25) is 9.59 Å². The predicted octanol–water partition coefficient (Wildman–Crippen LogP) is 1.00. The van der Waals surface area contributed by atoms with Gasteiger partial charge in [0.15, 0.2) is 0 Å². The summed E-state index contributed by atoms with van der Waals surface area (Å²) in [5, 5.41) is 9.71. The van der Waals surface area contributed by atoms with Crippen LogP contribution in [0, 0.1) is 13.8 Å². The van der Waals surface area contributed by atoms with E-state index in [1.165, 1.54) is 11.2 Å². The molecule has 0 aliphatic heterocycles. The molecule has 29 heavy (non-hydrogen) atoms. The second kappa shape index (κ2) is 9.97. The van der Waals surface area contributed by atoms with Crippen molar-refractivity contribution < 1.29 is 14.7 Å². The third-order valence-electron chi connectivity index (χ3n) is 5.06. The minimum absolute atomic E-state index is 0.178. The number of phenols is 1. The zero-order chi connectivity index (χ0) is 21.6. The number of carbonyl (C=O) groups excluding carboxylic acids is 2. The van der Waals surface area contributed by atoms with Crippen LogP contribution >= 0.6 is 0 Å². The van der Waals surface area contributed by atoms with Crippen molar-refractivity contribution in [2.75, 3.05) is 6.54 Å². The Labute approximate surface area is 170 Å². The number of nitrogens with two attached hydrogens (primary N) is 2. The van der Waals surface area contributed by atoms with E-state index in [-0.39, 0.29) is 11.7 Å². The smallest absolute Gasteiger partial charge is 0.240 e. The Morgan fingerprint density at radius 2 is 1.76 bits per heavy atom. The predicted molar refractivity (Wildman–Crippen MR) is 110 cm³/mol. The van der Waals surface area contributed by atoms with Gasteiger partial charge in [-0.2, -0.15) is 0 Å². The van der Waals surface area contributed by atoms with Crippen molar-refractivity contribution in [1.29, 1.82) is 0 Å². The summed E-state index contributed by atoms with van der Waals surface area (Å²) in [5.41, 5.74) is 15.3. The van der Waals surface area contributed by atoms with E-state index in [0.29, 0.717) is 25.8 Å². The second-order valence-electron chi connectivity index (χ2n) is 7.33. The van der Waals surface area contributed by atoms with Crippen LogP contribution in [0.1, 0.15) is 35.6 Å². The highest BCUT2D eigenvalue weighted by Gasteiger charge is 2.28. The third-order valence-corrected chi connectivity index (χ3v) is 5.06. The molecule has 0 saturated heterocycles. The van der Waals surface area contributed by atoms with Gasteiger partial charge in [0.2, 0.25) is 11.8 Å². The molecule has 2 amide bonds. The summed E-state index contributed by atoms with van der Waals surface area (Å²) < 4.78 is 0. The Bertz CT molecular complexity index is 834. The Morgan fingerprint density at radius 1 is 1.17 bits per heavy atom. The Hall–Kier alpha value is -3.00. The van der Waals surface area contributed by atoms with E-state index in [1.807, 2.05) is 13.8 Å². The molecule has 0 bridgehead atoms. The molecule has 0 aliphatic rings. The number of phenolic OH excluding ortho intramolecular Hbond substituents is 1. The molecule has 1 heterocycles. The minimum atomic E-state index is -0.821. The fraction of sp³-hybridized carbons (Fsp3) is 0.429. The molecule has 8 heteroatoms. The molecule has 0 unspecified atom stereocenters. The standard InChI is InChI=1S/C21H29N5O3/c1-13-7-17(27)8-14(2)18(13)9-19(22)21(29)26(15(3)20(23)28)6-4-5-16-10-24-12-25-11-16/h7-8,10-12,15,19,27H,4-6,9,22H2,1-3H3,(H2,23,28)/t15-,19-/m1/s1. The Morgan fingerprint density at radius 3 is 2.31 bits per heavy atom. The first kappa shape index (κ1) is 22.3. The van der Waals surface area contributed by atoms with Crippen LogP contribution in [-0.2, 0) is 22.4 Å². The van der Waals surface area contributed by atoms with Gasteiger partial charge in [-0.1, -0.05) is 0 Å². The molecule has 8 nitrogen and oxygen atoms in total. The second-order valence-corrected chi connectivity index (χ2v) is 7.33. The molecule has 2 aromatic rings. The number of benzene rings is 1. The molecule has 1 aromatic carbocycles.